The van der Waals surface area contributed by atoms with Gasteiger partial charge in [0.25, 0.3) is 21.6 Å². The molecule has 360 valence electrons. The number of hydrogen-bond acceptors (Lipinski definition) is 12. The van der Waals surface area contributed by atoms with Crippen LogP contribution in [0, 0.1) is 27.3 Å². The third-order valence-electron chi connectivity index (χ3n) is 15.4. The monoisotopic (exact) mass is 966 g/mol. The van der Waals surface area contributed by atoms with E-state index < -0.39 is 42.9 Å². The highest BCUT2D eigenvalue weighted by Crippen LogP contribution is 2.55. The molecule has 3 N–H and O–H groups in total. The molecule has 1 unspecified atom stereocenters. The van der Waals surface area contributed by atoms with E-state index in [1.54, 1.807) is 12.1 Å². The van der Waals surface area contributed by atoms with E-state index in [9.17, 15) is 32.8 Å². The number of likely N-dealkylation sites (tertiary alicyclic amines) is 1. The molecule has 0 bridgehead atoms. The summed E-state index contributed by atoms with van der Waals surface area (Å²) in [5.41, 5.74) is 3.05. The predicted molar refractivity (Wildman–Crippen MR) is 259 cm³/mol. The minimum atomic E-state index is -4.69. The number of aliphatic hydroxyl groups is 1. The molecule has 2 saturated heterocycles. The summed E-state index contributed by atoms with van der Waals surface area (Å²) in [6, 6.07) is 18.6. The van der Waals surface area contributed by atoms with Crippen LogP contribution < -0.4 is 19.1 Å². The smallest absolute Gasteiger partial charge is 0.288 e. The number of carbonyl (C=O) groups excluding carboxylic acids is 1. The Kier molecular flexibility index (Phi) is 12.5. The number of ether oxygens (including phenoxy) is 2. The molecule has 2 atom stereocenters. The lowest BCUT2D eigenvalue weighted by atomic mass is 9.59. The first-order valence-electron chi connectivity index (χ1n) is 24.0. The molecular formula is C51H59FN6O8S2. The van der Waals surface area contributed by atoms with Crippen LogP contribution in [-0.2, 0) is 10.0 Å². The molecule has 2 aliphatic carbocycles. The van der Waals surface area contributed by atoms with Gasteiger partial charge in [0.1, 0.15) is 40.2 Å². The maximum Gasteiger partial charge on any atom is 0.288 e. The Labute approximate surface area is 400 Å². The van der Waals surface area contributed by atoms with Gasteiger partial charge < -0.3 is 24.5 Å². The van der Waals surface area contributed by atoms with Gasteiger partial charge in [-0.25, -0.2) is 22.5 Å². The van der Waals surface area contributed by atoms with E-state index in [0.717, 1.165) is 63.5 Å². The van der Waals surface area contributed by atoms with Gasteiger partial charge >= 0.3 is 0 Å². The molecule has 0 radical (unpaired) electrons. The maximum atomic E-state index is 14.7. The maximum absolute atomic E-state index is 14.7. The van der Waals surface area contributed by atoms with Crippen molar-refractivity contribution in [2.24, 2.45) is 11.3 Å². The van der Waals surface area contributed by atoms with Crippen LogP contribution in [0.15, 0.2) is 82.8 Å². The number of aromatic nitrogens is 2. The van der Waals surface area contributed by atoms with Gasteiger partial charge in [-0.05, 0) is 131 Å². The number of halogens is 1. The zero-order valence-electron chi connectivity index (χ0n) is 38.7. The Morgan fingerprint density at radius 1 is 1.07 bits per heavy atom. The highest BCUT2D eigenvalue weighted by Gasteiger charge is 2.50. The van der Waals surface area contributed by atoms with Crippen LogP contribution in [0.25, 0.3) is 11.0 Å². The zero-order chi connectivity index (χ0) is 47.5. The molecule has 68 heavy (non-hydrogen) atoms. The summed E-state index contributed by atoms with van der Waals surface area (Å²) in [7, 11) is -4.69. The van der Waals surface area contributed by atoms with Crippen LogP contribution in [0.2, 0.25) is 0 Å². The number of nitro benzene ring substituents is 1. The lowest BCUT2D eigenvalue weighted by Gasteiger charge is -2.56. The topological polar surface area (TPSA) is 180 Å². The second kappa shape index (κ2) is 18.3. The summed E-state index contributed by atoms with van der Waals surface area (Å²) >= 11 is 1.30. The molecule has 5 heterocycles. The Hall–Kier alpha value is -5.23. The van der Waals surface area contributed by atoms with Crippen molar-refractivity contribution < 1.29 is 37.1 Å². The number of carbonyl (C=O) groups is 1. The summed E-state index contributed by atoms with van der Waals surface area (Å²) < 4.78 is 57.0. The minimum Gasteiger partial charge on any atom is -0.491 e. The average Bonchev–Trinajstić information content (AvgIpc) is 3.94. The van der Waals surface area contributed by atoms with E-state index in [1.807, 2.05) is 6.92 Å². The van der Waals surface area contributed by atoms with Gasteiger partial charge in [0, 0.05) is 60.5 Å². The molecular weight excluding hydrogens is 908 g/mol. The Morgan fingerprint density at radius 3 is 2.59 bits per heavy atom. The summed E-state index contributed by atoms with van der Waals surface area (Å²) in [5.74, 6) is -0.526. The van der Waals surface area contributed by atoms with Crippen LogP contribution in [0.5, 0.6) is 17.2 Å². The summed E-state index contributed by atoms with van der Waals surface area (Å²) in [6.07, 6.45) is 13.1. The quantitative estimate of drug-likeness (QED) is 0.0797. The number of hydrogen-bond donors (Lipinski definition) is 3. The highest BCUT2D eigenvalue weighted by atomic mass is 32.2. The van der Waals surface area contributed by atoms with Crippen molar-refractivity contribution in [1.82, 2.24) is 19.6 Å². The molecule has 1 amide bonds. The van der Waals surface area contributed by atoms with Crippen molar-refractivity contribution in [2.45, 2.75) is 130 Å². The first-order valence-corrected chi connectivity index (χ1v) is 26.4. The minimum absolute atomic E-state index is 0.0295. The molecule has 17 heteroatoms. The van der Waals surface area contributed by atoms with Crippen molar-refractivity contribution in [3.63, 3.8) is 0 Å². The fraction of sp³-hybridized carbons (Fsp3) is 0.490. The first kappa shape index (κ1) is 46.5. The third-order valence-corrected chi connectivity index (χ3v) is 18.0. The predicted octanol–water partition coefficient (Wildman–Crippen LogP) is 10.4. The Bertz CT molecular complexity index is 2850. The molecule has 1 spiro atoms. The number of rotatable bonds is 12. The summed E-state index contributed by atoms with van der Waals surface area (Å²) in [4.78, 5) is 37.7. The van der Waals surface area contributed by atoms with Crippen molar-refractivity contribution in [1.29, 1.82) is 0 Å². The van der Waals surface area contributed by atoms with E-state index >= 15 is 0 Å². The fourth-order valence-electron chi connectivity index (χ4n) is 11.6. The van der Waals surface area contributed by atoms with Crippen LogP contribution in [-0.4, -0.2) is 82.4 Å². The molecule has 14 nitrogen and oxygen atoms in total. The number of sulfonamides is 1. The number of pyridine rings is 1. The molecule has 3 aromatic carbocycles. The van der Waals surface area contributed by atoms with Crippen molar-refractivity contribution in [3.05, 3.63) is 106 Å². The molecule has 5 aromatic rings. The average molecular weight is 967 g/mol. The van der Waals surface area contributed by atoms with Crippen LogP contribution in [0.4, 0.5) is 15.8 Å². The van der Waals surface area contributed by atoms with E-state index in [0.29, 0.717) is 42.4 Å². The number of thioether (sulfide) groups is 1. The number of nitrogens with one attached hydrogen (secondary N) is 2. The van der Waals surface area contributed by atoms with Gasteiger partial charge in [-0.1, -0.05) is 38.1 Å². The molecule has 2 saturated carbocycles. The number of nitrogens with zero attached hydrogens (tertiary/aromatic N) is 4. The molecule has 10 rings (SSSR count). The summed E-state index contributed by atoms with van der Waals surface area (Å²) in [5, 5.41) is 22.9. The molecule has 3 aliphatic heterocycles. The first-order chi connectivity index (χ1) is 32.5. The number of H-pyrrole nitrogens is 1. The lowest BCUT2D eigenvalue weighted by Crippen LogP contribution is -2.54. The zero-order valence-corrected chi connectivity index (χ0v) is 40.3. The largest absolute Gasteiger partial charge is 0.491 e. The number of piperidine rings is 1. The fourth-order valence-corrected chi connectivity index (χ4v) is 13.9. The standard InChI is InChI=1S/C51H59FN6O8S2/c1-31(2)38-7-4-5-8-39(38)43-9-6-18-57(43)34-26-51(27-34)16-19-56(20-17-51)33-10-11-40(45(22-33)66-35-23-41-42(52)29-54-48(41)53-28-35)49(59)55-68(63,64)37-24-44(58(61)62)47-46(25-37)65-30-36(67-47)21-32-12-14-50(3,60)15-13-32/h4-5,7-8,10-11,22-25,28-29,31-32,34,36,43,60H,6,9,12-21,26-27,30H2,1-3H3,(H,53,54)(H,55,59)/t32?,36?,43-,50?/m1/s1. The molecule has 2 aromatic heterocycles. The second-order valence-corrected chi connectivity index (χ2v) is 23.4. The van der Waals surface area contributed by atoms with Gasteiger partial charge in [-0.2, -0.15) is 0 Å². The lowest BCUT2D eigenvalue weighted by molar-refractivity contribution is -0.388. The Morgan fingerprint density at radius 2 is 1.84 bits per heavy atom. The van der Waals surface area contributed by atoms with Gasteiger partial charge in [0.05, 0.1) is 32.6 Å². The Balaban J connectivity index is 0.853. The number of fused-ring (bicyclic) bond motifs is 2. The van der Waals surface area contributed by atoms with E-state index in [4.69, 9.17) is 9.47 Å². The van der Waals surface area contributed by atoms with Crippen LogP contribution >= 0.6 is 11.8 Å². The van der Waals surface area contributed by atoms with Gasteiger partial charge in [0.2, 0.25) is 0 Å². The highest BCUT2D eigenvalue weighted by molar-refractivity contribution is 8.00. The van der Waals surface area contributed by atoms with Crippen molar-refractivity contribution >= 4 is 50.1 Å². The second-order valence-electron chi connectivity index (χ2n) is 20.4. The number of benzene rings is 3. The number of nitro groups is 1. The molecule has 4 fully saturated rings. The van der Waals surface area contributed by atoms with E-state index in [1.165, 1.54) is 79.2 Å². The van der Waals surface area contributed by atoms with E-state index in [2.05, 4.69) is 62.6 Å². The number of anilines is 1. The number of amides is 1. The van der Waals surface area contributed by atoms with Gasteiger partial charge in [0.15, 0.2) is 0 Å². The SMILES string of the molecule is CC(C)c1ccccc1[C@H]1CCCN1C1CC2(CCN(c3ccc(C(=O)NS(=O)(=O)c4cc5c(c([N+](=O)[O-])c4)SC(CC4CCC(C)(O)CC4)CO5)c(Oc4cnc5[nH]cc(F)c5c4)c3)CC2)C1. The van der Waals surface area contributed by atoms with Crippen LogP contribution in [0.1, 0.15) is 125 Å². The van der Waals surface area contributed by atoms with Crippen LogP contribution in [0.3, 0.4) is 0 Å². The van der Waals surface area contributed by atoms with Crippen molar-refractivity contribution in [3.8, 4) is 17.2 Å². The summed E-state index contributed by atoms with van der Waals surface area (Å²) in [6.45, 7) is 9.32. The van der Waals surface area contributed by atoms with Gasteiger partial charge in [-0.3, -0.25) is 19.8 Å². The molecule has 5 aliphatic rings. The third kappa shape index (κ3) is 9.30. The van der Waals surface area contributed by atoms with Crippen molar-refractivity contribution in [2.75, 3.05) is 31.1 Å². The van der Waals surface area contributed by atoms with E-state index in [-0.39, 0.29) is 50.4 Å². The number of aromatic amines is 1. The normalized spacial score (nSPS) is 24.1. The van der Waals surface area contributed by atoms with Gasteiger partial charge in [-0.15, -0.1) is 11.8 Å².